The van der Waals surface area contributed by atoms with Crippen LogP contribution in [0.25, 0.3) is 0 Å². The van der Waals surface area contributed by atoms with Crippen LogP contribution < -0.4 is 0 Å². The van der Waals surface area contributed by atoms with E-state index in [9.17, 15) is 14.7 Å². The van der Waals surface area contributed by atoms with Crippen LogP contribution in [0.3, 0.4) is 0 Å². The van der Waals surface area contributed by atoms with E-state index >= 15 is 0 Å². The zero-order valence-corrected chi connectivity index (χ0v) is 17.3. The maximum atomic E-state index is 11.9. The summed E-state index contributed by atoms with van der Waals surface area (Å²) in [5.41, 5.74) is 0. The molecule has 6 nitrogen and oxygen atoms in total. The highest BCUT2D eigenvalue weighted by Gasteiger charge is 2.47. The van der Waals surface area contributed by atoms with E-state index in [0.717, 1.165) is 25.7 Å². The van der Waals surface area contributed by atoms with Crippen LogP contribution in [0.4, 0.5) is 0 Å². The van der Waals surface area contributed by atoms with Gasteiger partial charge in [0.25, 0.3) is 0 Å². The van der Waals surface area contributed by atoms with Crippen LogP contribution in [0.1, 0.15) is 71.6 Å². The third kappa shape index (κ3) is 6.45. The first kappa shape index (κ1) is 21.6. The van der Waals surface area contributed by atoms with Gasteiger partial charge in [-0.05, 0) is 68.6 Å². The molecule has 3 rings (SSSR count). The molecule has 0 radical (unpaired) electrons. The van der Waals surface area contributed by atoms with Crippen LogP contribution in [0.5, 0.6) is 0 Å². The molecule has 1 heterocycles. The van der Waals surface area contributed by atoms with Gasteiger partial charge >= 0.3 is 11.9 Å². The quantitative estimate of drug-likeness (QED) is 0.366. The maximum absolute atomic E-state index is 11.9. The Labute approximate surface area is 168 Å². The summed E-state index contributed by atoms with van der Waals surface area (Å²) in [6, 6.07) is 0. The summed E-state index contributed by atoms with van der Waals surface area (Å²) in [4.78, 5) is 23.8. The summed E-state index contributed by atoms with van der Waals surface area (Å²) < 4.78 is 16.3. The summed E-state index contributed by atoms with van der Waals surface area (Å²) in [5, 5.41) is 9.90. The fraction of sp³-hybridized carbons (Fsp3) is 0.909. The van der Waals surface area contributed by atoms with Crippen LogP contribution in [-0.2, 0) is 23.8 Å². The molecule has 6 heteroatoms. The molecular weight excluding hydrogens is 360 g/mol. The molecular formula is C22H36O6. The van der Waals surface area contributed by atoms with Gasteiger partial charge in [-0.25, -0.2) is 0 Å². The average Bonchev–Trinajstić information content (AvgIpc) is 3.42. The lowest BCUT2D eigenvalue weighted by molar-refractivity contribution is -0.148. The second-order valence-electron chi connectivity index (χ2n) is 9.22. The monoisotopic (exact) mass is 396 g/mol. The molecule has 2 aliphatic carbocycles. The minimum Gasteiger partial charge on any atom is -0.465 e. The number of fused-ring (bicyclic) bond motifs is 1. The molecule has 0 bridgehead atoms. The van der Waals surface area contributed by atoms with E-state index in [1.165, 1.54) is 0 Å². The highest BCUT2D eigenvalue weighted by Crippen LogP contribution is 2.42. The summed E-state index contributed by atoms with van der Waals surface area (Å²) in [6.45, 7) is 5.15. The Morgan fingerprint density at radius 2 is 1.54 bits per heavy atom. The number of hydrogen-bond donors (Lipinski definition) is 1. The number of ether oxygens (including phenoxy) is 3. The number of unbranched alkanes of at least 4 members (excludes halogenated alkanes) is 1. The largest absolute Gasteiger partial charge is 0.465 e. The van der Waals surface area contributed by atoms with E-state index in [4.69, 9.17) is 14.2 Å². The lowest BCUT2D eigenvalue weighted by Crippen LogP contribution is -2.30. The van der Waals surface area contributed by atoms with Crippen molar-refractivity contribution < 1.29 is 28.9 Å². The lowest BCUT2D eigenvalue weighted by Gasteiger charge is -2.30. The van der Waals surface area contributed by atoms with E-state index in [1.807, 2.05) is 0 Å². The van der Waals surface area contributed by atoms with E-state index in [-0.39, 0.29) is 24.0 Å². The predicted molar refractivity (Wildman–Crippen MR) is 103 cm³/mol. The Balaban J connectivity index is 1.19. The fourth-order valence-electron chi connectivity index (χ4n) is 4.54. The van der Waals surface area contributed by atoms with Crippen LogP contribution in [-0.4, -0.2) is 48.6 Å². The predicted octanol–water partition coefficient (Wildman–Crippen LogP) is 3.24. The lowest BCUT2D eigenvalue weighted by atomic mass is 9.81. The molecule has 0 aromatic heterocycles. The van der Waals surface area contributed by atoms with Crippen molar-refractivity contribution >= 4 is 11.9 Å². The number of carbonyl (C=O) groups excluding carboxylic acids is 2. The molecule has 0 amide bonds. The summed E-state index contributed by atoms with van der Waals surface area (Å²) in [5.74, 6) is 1.17. The van der Waals surface area contributed by atoms with Crippen LogP contribution in [0, 0.1) is 23.7 Å². The van der Waals surface area contributed by atoms with Gasteiger partial charge in [0, 0.05) is 12.8 Å². The molecule has 2 saturated carbocycles. The maximum Gasteiger partial charge on any atom is 0.305 e. The molecule has 7 unspecified atom stereocenters. The molecule has 0 aromatic rings. The van der Waals surface area contributed by atoms with Crippen molar-refractivity contribution in [1.82, 2.24) is 0 Å². The smallest absolute Gasteiger partial charge is 0.305 e. The number of epoxide rings is 1. The molecule has 3 fully saturated rings. The zero-order chi connectivity index (χ0) is 20.1. The van der Waals surface area contributed by atoms with Gasteiger partial charge in [0.15, 0.2) is 0 Å². The fourth-order valence-corrected chi connectivity index (χ4v) is 4.54. The minimum atomic E-state index is -0.279. The minimum absolute atomic E-state index is 0.176. The number of carbonyl (C=O) groups is 2. The van der Waals surface area contributed by atoms with Crippen LogP contribution >= 0.6 is 0 Å². The van der Waals surface area contributed by atoms with Crippen molar-refractivity contribution in [2.45, 2.75) is 89.9 Å². The van der Waals surface area contributed by atoms with Gasteiger partial charge in [0.1, 0.15) is 0 Å². The highest BCUT2D eigenvalue weighted by molar-refractivity contribution is 5.70. The van der Waals surface area contributed by atoms with Gasteiger partial charge in [-0.2, -0.15) is 0 Å². The van der Waals surface area contributed by atoms with Crippen molar-refractivity contribution in [1.29, 1.82) is 0 Å². The molecule has 7 atom stereocenters. The Morgan fingerprint density at radius 1 is 0.893 bits per heavy atom. The molecule has 1 saturated heterocycles. The van der Waals surface area contributed by atoms with Gasteiger partial charge in [0.2, 0.25) is 0 Å². The molecule has 0 aromatic carbocycles. The second-order valence-corrected chi connectivity index (χ2v) is 9.22. The van der Waals surface area contributed by atoms with Crippen LogP contribution in [0.15, 0.2) is 0 Å². The molecule has 3 aliphatic rings. The second kappa shape index (κ2) is 10.1. The Kier molecular flexibility index (Phi) is 7.75. The van der Waals surface area contributed by atoms with Crippen LogP contribution in [0.2, 0.25) is 0 Å². The number of hydrogen-bond acceptors (Lipinski definition) is 6. The van der Waals surface area contributed by atoms with Crippen molar-refractivity contribution in [2.75, 3.05) is 13.2 Å². The Morgan fingerprint density at radius 3 is 2.21 bits per heavy atom. The SMILES string of the molecule is CC1CCC(COC(=O)CCCCC(=O)OCC2CC3OC3CC2C)CC1O. The number of aliphatic hydroxyl groups excluding tert-OH is 1. The number of aliphatic hydroxyl groups is 1. The van der Waals surface area contributed by atoms with Gasteiger partial charge in [-0.3, -0.25) is 9.59 Å². The topological polar surface area (TPSA) is 85.4 Å². The van der Waals surface area contributed by atoms with Gasteiger partial charge in [-0.15, -0.1) is 0 Å². The van der Waals surface area contributed by atoms with E-state index in [0.29, 0.717) is 75.3 Å². The summed E-state index contributed by atoms with van der Waals surface area (Å²) in [6.07, 6.45) is 7.31. The Bertz CT molecular complexity index is 535. The first-order chi connectivity index (χ1) is 13.4. The summed E-state index contributed by atoms with van der Waals surface area (Å²) >= 11 is 0. The summed E-state index contributed by atoms with van der Waals surface area (Å²) in [7, 11) is 0. The molecule has 0 spiro atoms. The normalized spacial score (nSPS) is 37.0. The third-order valence-electron chi connectivity index (χ3n) is 6.84. The van der Waals surface area contributed by atoms with Crippen molar-refractivity contribution in [2.24, 2.45) is 23.7 Å². The number of rotatable bonds is 9. The van der Waals surface area contributed by atoms with Gasteiger partial charge < -0.3 is 19.3 Å². The third-order valence-corrected chi connectivity index (χ3v) is 6.84. The molecule has 160 valence electrons. The van der Waals surface area contributed by atoms with E-state index in [2.05, 4.69) is 13.8 Å². The first-order valence-corrected chi connectivity index (χ1v) is 11.1. The number of esters is 2. The zero-order valence-electron chi connectivity index (χ0n) is 17.3. The molecule has 1 N–H and O–H groups in total. The van der Waals surface area contributed by atoms with E-state index < -0.39 is 0 Å². The molecule has 28 heavy (non-hydrogen) atoms. The highest BCUT2D eigenvalue weighted by atomic mass is 16.6. The molecule has 1 aliphatic heterocycles. The van der Waals surface area contributed by atoms with Gasteiger partial charge in [-0.1, -0.05) is 13.8 Å². The van der Waals surface area contributed by atoms with E-state index in [1.54, 1.807) is 0 Å². The average molecular weight is 397 g/mol. The standard InChI is InChI=1S/C22H36O6/c1-14-7-8-16(10-18(14)23)12-26-21(24)5-3-4-6-22(25)27-13-17-11-20-19(28-20)9-15(17)2/h14-20,23H,3-13H2,1-2H3. The van der Waals surface area contributed by atoms with Crippen molar-refractivity contribution in [3.63, 3.8) is 0 Å². The van der Waals surface area contributed by atoms with Crippen molar-refractivity contribution in [3.05, 3.63) is 0 Å². The first-order valence-electron chi connectivity index (χ1n) is 11.1. The van der Waals surface area contributed by atoms with Crippen molar-refractivity contribution in [3.8, 4) is 0 Å². The Hall–Kier alpha value is -1.14. The van der Waals surface area contributed by atoms with Gasteiger partial charge in [0.05, 0.1) is 31.5 Å².